The van der Waals surface area contributed by atoms with Crippen molar-refractivity contribution in [1.29, 1.82) is 0 Å². The number of nitrogens with zero attached hydrogens (tertiary/aromatic N) is 3. The van der Waals surface area contributed by atoms with E-state index in [1.54, 1.807) is 6.07 Å². The quantitative estimate of drug-likeness (QED) is 0.118. The van der Waals surface area contributed by atoms with Gasteiger partial charge in [-0.1, -0.05) is 138 Å². The minimum absolute atomic E-state index is 0. The average Bonchev–Trinajstić information content (AvgIpc) is 4.01. The van der Waals surface area contributed by atoms with Crippen LogP contribution in [0, 0.1) is 19.0 Å². The van der Waals surface area contributed by atoms with E-state index in [1.165, 1.54) is 27.4 Å². The van der Waals surface area contributed by atoms with Crippen LogP contribution in [0.5, 0.6) is 0 Å². The van der Waals surface area contributed by atoms with Gasteiger partial charge in [-0.2, -0.15) is 0 Å². The number of hydrogen-bond acceptors (Lipinski definition) is 4. The molecule has 0 saturated carbocycles. The van der Waals surface area contributed by atoms with Crippen LogP contribution >= 0.6 is 0 Å². The molecule has 325 valence electrons. The van der Waals surface area contributed by atoms with Crippen LogP contribution in [0.25, 0.3) is 94.4 Å². The van der Waals surface area contributed by atoms with Crippen molar-refractivity contribution in [1.82, 2.24) is 14.5 Å². The first-order valence-corrected chi connectivity index (χ1v) is 25.5. The minimum atomic E-state index is -2.41. The number of hydrogen-bond donors (Lipinski definition) is 0. The Morgan fingerprint density at radius 1 is 0.662 bits per heavy atom. The Hall–Kier alpha value is -6.37. The van der Waals surface area contributed by atoms with Crippen LogP contribution in [0.4, 0.5) is 0 Å². The molecule has 11 rings (SSSR count). The number of fused-ring (bicyclic) bond motifs is 7. The van der Waals surface area contributed by atoms with Crippen molar-refractivity contribution >= 4 is 68.2 Å². The monoisotopic (exact) mass is 1050 g/mol. The summed E-state index contributed by atoms with van der Waals surface area (Å²) in [6.45, 7) is 13.5. The van der Waals surface area contributed by atoms with E-state index < -0.39 is 14.9 Å². The summed E-state index contributed by atoms with van der Waals surface area (Å²) in [7, 11) is -1.23. The summed E-state index contributed by atoms with van der Waals surface area (Å²) in [5, 5.41) is 4.48. The van der Waals surface area contributed by atoms with Crippen LogP contribution in [0.1, 0.15) is 60.3 Å². The number of aryl methyl sites for hydroxylation is 1. The largest absolute Gasteiger partial charge is 0.501 e. The van der Waals surface area contributed by atoms with Crippen molar-refractivity contribution in [2.24, 2.45) is 0 Å². The SMILES string of the molecule is C[Si](C)(C)c1ccc(-c2[c-]cccc2)nc1.[2H]C([2H])([2H])c1c[c-]c(-c2nc3ccccc3n2-c2c(C(C)C)cc(-c3ccccc3)cc2C(C)C)c2oc3cc4c(cc3c12)oc1ccccc14.[Ir]. The van der Waals surface area contributed by atoms with Crippen LogP contribution in [0.3, 0.4) is 0 Å². The van der Waals surface area contributed by atoms with E-state index in [-0.39, 0.29) is 37.5 Å². The summed E-state index contributed by atoms with van der Waals surface area (Å²) in [6.07, 6.45) is 2.02. The van der Waals surface area contributed by atoms with Crippen molar-refractivity contribution in [2.75, 3.05) is 0 Å². The zero-order valence-corrected chi connectivity index (χ0v) is 41.0. The molecule has 0 aliphatic rings. The molecule has 4 aromatic heterocycles. The normalized spacial score (nSPS) is 12.7. The number of rotatable bonds is 7. The van der Waals surface area contributed by atoms with Crippen LogP contribution in [-0.4, -0.2) is 22.6 Å². The van der Waals surface area contributed by atoms with Gasteiger partial charge in [-0.3, -0.25) is 4.98 Å². The number of benzene rings is 7. The Bertz CT molecular complexity index is 3580. The second-order valence-electron chi connectivity index (χ2n) is 18.2. The standard InChI is InChI=1S/C44H35N2O2.C14H16NSi.Ir/c1-25(2)32-21-29(28-13-7-6-8-14-28)22-33(26(3)4)42(32)46-37-17-11-10-16-36(37)45-44(46)31-20-19-27(5)41-35-24-39-34(23-40(35)48-43(31)41)30-15-9-12-18-38(30)47-39;1-16(2,3)13-9-10-14(15-11-13)12-7-5-4-6-8-12;/h6-19,21-26H,1-5H3;4-7,9-11H,1-3H3;/q2*-1;/i5D3;;. The summed E-state index contributed by atoms with van der Waals surface area (Å²) in [5.74, 6) is 1.02. The Morgan fingerprint density at radius 2 is 1.35 bits per heavy atom. The van der Waals surface area contributed by atoms with Crippen LogP contribution in [0.2, 0.25) is 19.6 Å². The van der Waals surface area contributed by atoms with E-state index in [0.29, 0.717) is 38.9 Å². The van der Waals surface area contributed by atoms with E-state index in [4.69, 9.17) is 17.9 Å². The molecule has 0 fully saturated rings. The van der Waals surface area contributed by atoms with Gasteiger partial charge in [0.15, 0.2) is 0 Å². The minimum Gasteiger partial charge on any atom is -0.501 e. The maximum absolute atomic E-state index is 8.53. The Labute approximate surface area is 399 Å². The first-order chi connectivity index (χ1) is 32.2. The molecule has 0 N–H and O–H groups in total. The van der Waals surface area contributed by atoms with Crippen molar-refractivity contribution in [3.05, 3.63) is 181 Å². The summed E-state index contributed by atoms with van der Waals surface area (Å²) < 4.78 is 40.8. The van der Waals surface area contributed by atoms with Gasteiger partial charge in [0.1, 0.15) is 16.7 Å². The second-order valence-corrected chi connectivity index (χ2v) is 23.3. The average molecular weight is 1050 g/mol. The van der Waals surface area contributed by atoms with Gasteiger partial charge in [0, 0.05) is 52.3 Å². The van der Waals surface area contributed by atoms with E-state index in [1.807, 2.05) is 91.1 Å². The zero-order chi connectivity index (χ0) is 46.8. The predicted molar refractivity (Wildman–Crippen MR) is 270 cm³/mol. The molecule has 0 spiro atoms. The van der Waals surface area contributed by atoms with Gasteiger partial charge in [-0.15, -0.1) is 53.6 Å². The van der Waals surface area contributed by atoms with Gasteiger partial charge < -0.3 is 18.4 Å². The third-order valence-corrected chi connectivity index (χ3v) is 14.2. The fourth-order valence-corrected chi connectivity index (χ4v) is 9.83. The van der Waals surface area contributed by atoms with Crippen LogP contribution in [-0.2, 0) is 20.1 Å². The van der Waals surface area contributed by atoms with Gasteiger partial charge in [-0.05, 0) is 87.4 Å². The van der Waals surface area contributed by atoms with Crippen molar-refractivity contribution < 1.29 is 33.1 Å². The molecule has 0 aliphatic heterocycles. The third kappa shape index (κ3) is 8.07. The van der Waals surface area contributed by atoms with Crippen molar-refractivity contribution in [2.45, 2.75) is 66.0 Å². The molecule has 0 bridgehead atoms. The summed E-state index contributed by atoms with van der Waals surface area (Å²) in [5.41, 5.74) is 12.9. The van der Waals surface area contributed by atoms with Crippen molar-refractivity contribution in [3.63, 3.8) is 0 Å². The fraction of sp³-hybridized carbons (Fsp3) is 0.172. The number of furan rings is 2. The molecule has 65 heavy (non-hydrogen) atoms. The fourth-order valence-electron chi connectivity index (χ4n) is 8.79. The van der Waals surface area contributed by atoms with Crippen LogP contribution < -0.4 is 5.19 Å². The maximum Gasteiger partial charge on any atom is 0.136 e. The van der Waals surface area contributed by atoms with E-state index in [9.17, 15) is 0 Å². The molecule has 11 aromatic rings. The smallest absolute Gasteiger partial charge is 0.136 e. The Morgan fingerprint density at radius 3 is 2.05 bits per heavy atom. The molecule has 0 saturated heterocycles. The molecule has 4 heterocycles. The van der Waals surface area contributed by atoms with Gasteiger partial charge in [0.25, 0.3) is 0 Å². The number of pyridine rings is 1. The number of imidazole rings is 1. The molecule has 7 heteroatoms. The molecule has 1 radical (unpaired) electrons. The maximum atomic E-state index is 8.53. The summed E-state index contributed by atoms with van der Waals surface area (Å²) in [4.78, 5) is 9.77. The summed E-state index contributed by atoms with van der Waals surface area (Å²) in [6, 6.07) is 55.4. The van der Waals surface area contributed by atoms with Gasteiger partial charge in [-0.25, -0.2) is 0 Å². The van der Waals surface area contributed by atoms with E-state index in [0.717, 1.165) is 44.3 Å². The molecular weight excluding hydrogens is 991 g/mol. The zero-order valence-electron chi connectivity index (χ0n) is 40.6. The topological polar surface area (TPSA) is 57.0 Å². The Balaban J connectivity index is 0.000000289. The molecule has 0 unspecified atom stereocenters. The molecule has 0 aliphatic carbocycles. The van der Waals surface area contributed by atoms with Gasteiger partial charge in [0.05, 0.1) is 30.5 Å². The van der Waals surface area contributed by atoms with Gasteiger partial charge >= 0.3 is 0 Å². The van der Waals surface area contributed by atoms with Crippen molar-refractivity contribution in [3.8, 4) is 39.5 Å². The first kappa shape index (κ1) is 40.2. The first-order valence-electron chi connectivity index (χ1n) is 23.5. The molecular formula is C58H51IrN3O2Si-2. The predicted octanol–water partition coefficient (Wildman–Crippen LogP) is 15.6. The van der Waals surface area contributed by atoms with E-state index in [2.05, 4.69) is 124 Å². The number of para-hydroxylation sites is 3. The molecule has 0 atom stereocenters. The van der Waals surface area contributed by atoms with Crippen LogP contribution in [0.15, 0.2) is 161 Å². The van der Waals surface area contributed by atoms with Gasteiger partial charge in [0.2, 0.25) is 0 Å². The Kier molecular flexibility index (Phi) is 10.8. The second kappa shape index (κ2) is 17.5. The summed E-state index contributed by atoms with van der Waals surface area (Å²) >= 11 is 0. The molecule has 7 aromatic carbocycles. The molecule has 5 nitrogen and oxygen atoms in total. The third-order valence-electron chi connectivity index (χ3n) is 12.2. The van der Waals surface area contributed by atoms with E-state index >= 15 is 0 Å². The number of aromatic nitrogens is 3. The molecule has 0 amide bonds.